The fraction of sp³-hybridized carbons (Fsp3) is 0.700. The SMILES string of the molecule is CN(C)C(=O)C(C)(C)CCc1nc2sc(CCC(C)(C)C(=O)N(C)C)nc2s1. The predicted molar refractivity (Wildman–Crippen MR) is 117 cm³/mol. The second-order valence-electron chi connectivity index (χ2n) is 8.99. The lowest BCUT2D eigenvalue weighted by atomic mass is 9.86. The maximum Gasteiger partial charge on any atom is 0.227 e. The zero-order valence-corrected chi connectivity index (χ0v) is 19.9. The third-order valence-corrected chi connectivity index (χ3v) is 7.11. The Morgan fingerprint density at radius 3 is 1.36 bits per heavy atom. The number of rotatable bonds is 8. The van der Waals surface area contributed by atoms with Crippen LogP contribution in [-0.2, 0) is 22.4 Å². The molecule has 2 rings (SSSR count). The molecule has 28 heavy (non-hydrogen) atoms. The van der Waals surface area contributed by atoms with Crippen LogP contribution in [0.25, 0.3) is 9.66 Å². The van der Waals surface area contributed by atoms with E-state index in [1.807, 2.05) is 27.7 Å². The van der Waals surface area contributed by atoms with Crippen molar-refractivity contribution in [1.29, 1.82) is 0 Å². The number of hydrogen-bond donors (Lipinski definition) is 0. The Morgan fingerprint density at radius 2 is 1.07 bits per heavy atom. The van der Waals surface area contributed by atoms with E-state index in [2.05, 4.69) is 0 Å². The molecule has 6 nitrogen and oxygen atoms in total. The van der Waals surface area contributed by atoms with Crippen LogP contribution < -0.4 is 0 Å². The van der Waals surface area contributed by atoms with E-state index in [1.165, 1.54) is 0 Å². The topological polar surface area (TPSA) is 66.4 Å². The molecule has 0 aliphatic heterocycles. The summed E-state index contributed by atoms with van der Waals surface area (Å²) in [6, 6.07) is 0. The molecule has 2 amide bonds. The summed E-state index contributed by atoms with van der Waals surface area (Å²) in [5.41, 5.74) is -0.794. The van der Waals surface area contributed by atoms with E-state index in [0.717, 1.165) is 45.4 Å². The molecule has 0 aliphatic rings. The number of carbonyl (C=O) groups is 2. The van der Waals surface area contributed by atoms with Gasteiger partial charge in [-0.1, -0.05) is 50.4 Å². The third-order valence-electron chi connectivity index (χ3n) is 4.96. The van der Waals surface area contributed by atoms with Gasteiger partial charge in [0.25, 0.3) is 0 Å². The highest BCUT2D eigenvalue weighted by Gasteiger charge is 2.30. The zero-order chi connectivity index (χ0) is 21.3. The highest BCUT2D eigenvalue weighted by Crippen LogP contribution is 2.33. The van der Waals surface area contributed by atoms with E-state index in [1.54, 1.807) is 60.7 Å². The van der Waals surface area contributed by atoms with Gasteiger partial charge in [-0.15, -0.1) is 0 Å². The molecule has 0 bridgehead atoms. The number of aromatic nitrogens is 2. The molecular weight excluding hydrogens is 392 g/mol. The number of thiazole rings is 2. The molecule has 0 radical (unpaired) electrons. The summed E-state index contributed by atoms with van der Waals surface area (Å²) in [6.07, 6.45) is 3.08. The number of aryl methyl sites for hydroxylation is 2. The Morgan fingerprint density at radius 1 is 0.750 bits per heavy atom. The van der Waals surface area contributed by atoms with Gasteiger partial charge in [0, 0.05) is 51.9 Å². The maximum absolute atomic E-state index is 12.3. The quantitative estimate of drug-likeness (QED) is 0.646. The van der Waals surface area contributed by atoms with Gasteiger partial charge in [0.2, 0.25) is 11.8 Å². The van der Waals surface area contributed by atoms with Gasteiger partial charge in [0.05, 0.1) is 10.0 Å². The van der Waals surface area contributed by atoms with Crippen molar-refractivity contribution in [3.05, 3.63) is 10.0 Å². The zero-order valence-electron chi connectivity index (χ0n) is 18.3. The number of fused-ring (bicyclic) bond motifs is 1. The molecule has 2 heterocycles. The van der Waals surface area contributed by atoms with Gasteiger partial charge in [-0.3, -0.25) is 9.59 Å². The van der Waals surface area contributed by atoms with Gasteiger partial charge in [-0.2, -0.15) is 0 Å². The monoisotopic (exact) mass is 424 g/mol. The van der Waals surface area contributed by atoms with Crippen LogP contribution >= 0.6 is 22.7 Å². The van der Waals surface area contributed by atoms with Gasteiger partial charge >= 0.3 is 0 Å². The summed E-state index contributed by atoms with van der Waals surface area (Å²) in [5, 5.41) is 2.06. The molecule has 0 N–H and O–H groups in total. The highest BCUT2D eigenvalue weighted by molar-refractivity contribution is 7.26. The molecule has 8 heteroatoms. The fourth-order valence-corrected chi connectivity index (χ4v) is 5.27. The standard InChI is InChI=1S/C20H32N4O2S2/c1-19(2,17(25)23(5)6)11-9-13-21-15-16(27-13)22-14(28-15)10-12-20(3,4)18(26)24(7)8/h9-12H2,1-8H3. The van der Waals surface area contributed by atoms with Crippen molar-refractivity contribution in [3.8, 4) is 0 Å². The largest absolute Gasteiger partial charge is 0.348 e. The lowest BCUT2D eigenvalue weighted by molar-refractivity contribution is -0.138. The Balaban J connectivity index is 1.99. The molecule has 156 valence electrons. The summed E-state index contributed by atoms with van der Waals surface area (Å²) in [7, 11) is 7.18. The summed E-state index contributed by atoms with van der Waals surface area (Å²) < 4.78 is 0. The smallest absolute Gasteiger partial charge is 0.227 e. The minimum atomic E-state index is -0.397. The van der Waals surface area contributed by atoms with E-state index in [9.17, 15) is 9.59 Å². The van der Waals surface area contributed by atoms with Crippen LogP contribution in [0.15, 0.2) is 0 Å². The summed E-state index contributed by atoms with van der Waals surface area (Å²) in [4.78, 5) is 39.2. The minimum Gasteiger partial charge on any atom is -0.348 e. The number of nitrogens with zero attached hydrogens (tertiary/aromatic N) is 4. The lowest BCUT2D eigenvalue weighted by Crippen LogP contribution is -2.36. The average molecular weight is 425 g/mol. The Hall–Kier alpha value is -1.54. The van der Waals surface area contributed by atoms with Crippen LogP contribution in [0.3, 0.4) is 0 Å². The second kappa shape index (κ2) is 8.45. The maximum atomic E-state index is 12.3. The highest BCUT2D eigenvalue weighted by atomic mass is 32.1. The fourth-order valence-electron chi connectivity index (χ4n) is 3.20. The molecule has 2 aromatic rings. The molecule has 0 aliphatic carbocycles. The first-order valence-corrected chi connectivity index (χ1v) is 11.2. The van der Waals surface area contributed by atoms with Crippen molar-refractivity contribution < 1.29 is 9.59 Å². The van der Waals surface area contributed by atoms with Gasteiger partial charge < -0.3 is 9.80 Å². The summed E-state index contributed by atoms with van der Waals surface area (Å²) in [5.74, 6) is 0.280. The van der Waals surface area contributed by atoms with Crippen molar-refractivity contribution >= 4 is 44.1 Å². The van der Waals surface area contributed by atoms with Gasteiger partial charge in [-0.25, -0.2) is 9.97 Å². The van der Waals surface area contributed by atoms with E-state index in [0.29, 0.717) is 0 Å². The van der Waals surface area contributed by atoms with Crippen molar-refractivity contribution in [3.63, 3.8) is 0 Å². The van der Waals surface area contributed by atoms with Gasteiger partial charge in [0.15, 0.2) is 9.66 Å². The van der Waals surface area contributed by atoms with Crippen LogP contribution in [0.2, 0.25) is 0 Å². The van der Waals surface area contributed by atoms with E-state index >= 15 is 0 Å². The van der Waals surface area contributed by atoms with Gasteiger partial charge in [0.1, 0.15) is 0 Å². The molecule has 0 aromatic carbocycles. The van der Waals surface area contributed by atoms with E-state index in [-0.39, 0.29) is 11.8 Å². The molecular formula is C20H32N4O2S2. The first-order valence-electron chi connectivity index (χ1n) is 9.52. The first kappa shape index (κ1) is 22.7. The molecule has 0 spiro atoms. The van der Waals surface area contributed by atoms with Crippen molar-refractivity contribution in [2.45, 2.75) is 53.4 Å². The second-order valence-corrected chi connectivity index (χ2v) is 11.1. The van der Waals surface area contributed by atoms with E-state index < -0.39 is 10.8 Å². The van der Waals surface area contributed by atoms with Crippen molar-refractivity contribution in [2.75, 3.05) is 28.2 Å². The normalized spacial score (nSPS) is 12.4. The molecule has 0 unspecified atom stereocenters. The average Bonchev–Trinajstić information content (AvgIpc) is 3.14. The molecule has 0 saturated heterocycles. The summed E-state index contributed by atoms with van der Waals surface area (Å²) in [6.45, 7) is 7.94. The molecule has 0 atom stereocenters. The third kappa shape index (κ3) is 5.29. The van der Waals surface area contributed by atoms with Gasteiger partial charge in [-0.05, 0) is 12.8 Å². The molecule has 0 saturated carbocycles. The number of carbonyl (C=O) groups excluding carboxylic acids is 2. The lowest BCUT2D eigenvalue weighted by Gasteiger charge is -2.26. The number of hydrogen-bond acceptors (Lipinski definition) is 6. The number of amides is 2. The predicted octanol–water partition coefficient (Wildman–Crippen LogP) is 3.85. The van der Waals surface area contributed by atoms with Crippen LogP contribution in [-0.4, -0.2) is 59.8 Å². The molecule has 0 fully saturated rings. The van der Waals surface area contributed by atoms with E-state index in [4.69, 9.17) is 9.97 Å². The van der Waals surface area contributed by atoms with Crippen LogP contribution in [0.4, 0.5) is 0 Å². The first-order chi connectivity index (χ1) is 12.8. The molecule has 2 aromatic heterocycles. The van der Waals surface area contributed by atoms with Crippen molar-refractivity contribution in [1.82, 2.24) is 19.8 Å². The van der Waals surface area contributed by atoms with Crippen LogP contribution in [0, 0.1) is 10.8 Å². The minimum absolute atomic E-state index is 0.140. The van der Waals surface area contributed by atoms with Crippen molar-refractivity contribution in [2.24, 2.45) is 10.8 Å². The van der Waals surface area contributed by atoms with Crippen LogP contribution in [0.1, 0.15) is 50.6 Å². The Kier molecular flexibility index (Phi) is 6.86. The Bertz CT molecular complexity index is 753. The van der Waals surface area contributed by atoms with Crippen LogP contribution in [0.5, 0.6) is 0 Å². The Labute approximate surface area is 176 Å². The summed E-state index contributed by atoms with van der Waals surface area (Å²) >= 11 is 3.22.